The summed E-state index contributed by atoms with van der Waals surface area (Å²) < 4.78 is 11.7. The Balaban J connectivity index is 1.34. The van der Waals surface area contributed by atoms with Crippen LogP contribution in [0.3, 0.4) is 0 Å². The van der Waals surface area contributed by atoms with Crippen LogP contribution in [0.4, 0.5) is 0 Å². The number of nitrogens with zero attached hydrogens (tertiary/aromatic N) is 1. The van der Waals surface area contributed by atoms with Gasteiger partial charge in [0.2, 0.25) is 0 Å². The molecule has 1 amide bonds. The molecule has 0 saturated heterocycles. The van der Waals surface area contributed by atoms with Crippen molar-refractivity contribution in [2.75, 3.05) is 6.61 Å². The van der Waals surface area contributed by atoms with Crippen molar-refractivity contribution in [3.05, 3.63) is 92.2 Å². The molecule has 0 aliphatic heterocycles. The van der Waals surface area contributed by atoms with E-state index in [9.17, 15) is 9.59 Å². The number of thiophene rings is 1. The van der Waals surface area contributed by atoms with Crippen LogP contribution in [-0.4, -0.2) is 24.7 Å². The molecule has 3 aromatic carbocycles. The number of esters is 1. The minimum atomic E-state index is -0.551. The lowest BCUT2D eigenvalue weighted by molar-refractivity contribution is -0.123. The molecule has 34 heavy (non-hydrogen) atoms. The SMILES string of the molecule is O=C(COc1cccc(Cl)c1Cl)N/N=C/c1cccc(OC(=O)c2sc3ccccc3c2Cl)c1. The number of fused-ring (bicyclic) bond motifs is 1. The van der Waals surface area contributed by atoms with Crippen molar-refractivity contribution >= 4 is 74.3 Å². The van der Waals surface area contributed by atoms with Crippen LogP contribution in [0.1, 0.15) is 15.2 Å². The summed E-state index contributed by atoms with van der Waals surface area (Å²) in [5.74, 6) is -0.436. The predicted octanol–water partition coefficient (Wildman–Crippen LogP) is 6.61. The summed E-state index contributed by atoms with van der Waals surface area (Å²) in [4.78, 5) is 24.9. The lowest BCUT2D eigenvalue weighted by Gasteiger charge is -2.07. The molecule has 0 fully saturated rings. The third-order valence-electron chi connectivity index (χ3n) is 4.47. The van der Waals surface area contributed by atoms with Crippen molar-refractivity contribution in [3.8, 4) is 11.5 Å². The second-order valence-electron chi connectivity index (χ2n) is 6.84. The Morgan fingerprint density at radius 3 is 2.59 bits per heavy atom. The van der Waals surface area contributed by atoms with Crippen molar-refractivity contribution in [1.82, 2.24) is 5.43 Å². The number of carbonyl (C=O) groups excluding carboxylic acids is 2. The number of benzene rings is 3. The molecule has 1 N–H and O–H groups in total. The molecule has 6 nitrogen and oxygen atoms in total. The fourth-order valence-corrected chi connectivity index (χ4v) is 4.64. The maximum absolute atomic E-state index is 12.6. The van der Waals surface area contributed by atoms with Crippen LogP contribution in [0.15, 0.2) is 71.8 Å². The Morgan fingerprint density at radius 2 is 1.76 bits per heavy atom. The van der Waals surface area contributed by atoms with Gasteiger partial charge in [0.05, 0.1) is 16.3 Å². The molecule has 4 rings (SSSR count). The fourth-order valence-electron chi connectivity index (χ4n) is 2.91. The Hall–Kier alpha value is -3.10. The summed E-state index contributed by atoms with van der Waals surface area (Å²) >= 11 is 19.6. The summed E-state index contributed by atoms with van der Waals surface area (Å²) in [6.07, 6.45) is 1.41. The first-order valence-electron chi connectivity index (χ1n) is 9.80. The number of hydrazone groups is 1. The minimum Gasteiger partial charge on any atom is -0.482 e. The molecule has 4 aromatic rings. The third kappa shape index (κ3) is 5.69. The highest BCUT2D eigenvalue weighted by molar-refractivity contribution is 7.21. The number of hydrogen-bond acceptors (Lipinski definition) is 6. The molecule has 0 aliphatic carbocycles. The molecular formula is C24H15Cl3N2O4S. The van der Waals surface area contributed by atoms with E-state index >= 15 is 0 Å². The second kappa shape index (κ2) is 10.9. The Kier molecular flexibility index (Phi) is 7.70. The summed E-state index contributed by atoms with van der Waals surface area (Å²) in [6, 6.07) is 19.0. The number of rotatable bonds is 7. The van der Waals surface area contributed by atoms with E-state index in [1.807, 2.05) is 24.3 Å². The van der Waals surface area contributed by atoms with Crippen LogP contribution in [0.5, 0.6) is 11.5 Å². The van der Waals surface area contributed by atoms with E-state index in [4.69, 9.17) is 44.3 Å². The molecule has 0 spiro atoms. The maximum atomic E-state index is 12.6. The van der Waals surface area contributed by atoms with E-state index in [-0.39, 0.29) is 11.6 Å². The van der Waals surface area contributed by atoms with E-state index in [2.05, 4.69) is 10.5 Å². The van der Waals surface area contributed by atoms with Crippen molar-refractivity contribution in [1.29, 1.82) is 0 Å². The van der Waals surface area contributed by atoms with Crippen LogP contribution in [-0.2, 0) is 4.79 Å². The van der Waals surface area contributed by atoms with Gasteiger partial charge >= 0.3 is 5.97 Å². The highest BCUT2D eigenvalue weighted by Gasteiger charge is 2.19. The number of carbonyl (C=O) groups is 2. The van der Waals surface area contributed by atoms with Gasteiger partial charge in [-0.05, 0) is 35.9 Å². The normalized spacial score (nSPS) is 11.0. The summed E-state index contributed by atoms with van der Waals surface area (Å²) in [6.45, 7) is -0.301. The lowest BCUT2D eigenvalue weighted by atomic mass is 10.2. The van der Waals surface area contributed by atoms with Gasteiger partial charge in [-0.15, -0.1) is 11.3 Å². The van der Waals surface area contributed by atoms with Gasteiger partial charge in [-0.2, -0.15) is 5.10 Å². The first-order chi connectivity index (χ1) is 16.4. The van der Waals surface area contributed by atoms with E-state index in [1.165, 1.54) is 17.6 Å². The van der Waals surface area contributed by atoms with Gasteiger partial charge < -0.3 is 9.47 Å². The fraction of sp³-hybridized carbons (Fsp3) is 0.0417. The molecule has 10 heteroatoms. The Morgan fingerprint density at radius 1 is 0.971 bits per heavy atom. The monoisotopic (exact) mass is 532 g/mol. The van der Waals surface area contributed by atoms with E-state index in [1.54, 1.807) is 42.5 Å². The van der Waals surface area contributed by atoms with Gasteiger partial charge in [-0.25, -0.2) is 10.2 Å². The molecule has 0 radical (unpaired) electrons. The lowest BCUT2D eigenvalue weighted by Crippen LogP contribution is -2.24. The van der Waals surface area contributed by atoms with Crippen molar-refractivity contribution < 1.29 is 19.1 Å². The zero-order chi connectivity index (χ0) is 24.1. The first-order valence-corrected chi connectivity index (χ1v) is 11.8. The highest BCUT2D eigenvalue weighted by Crippen LogP contribution is 2.36. The van der Waals surface area contributed by atoms with Gasteiger partial charge in [0.1, 0.15) is 21.4 Å². The van der Waals surface area contributed by atoms with Crippen LogP contribution in [0.25, 0.3) is 10.1 Å². The zero-order valence-corrected chi connectivity index (χ0v) is 20.3. The number of nitrogens with one attached hydrogen (secondary N) is 1. The van der Waals surface area contributed by atoms with Gasteiger partial charge in [-0.3, -0.25) is 4.79 Å². The Labute approximate surface area is 213 Å². The van der Waals surface area contributed by atoms with Gasteiger partial charge in [0.15, 0.2) is 6.61 Å². The zero-order valence-electron chi connectivity index (χ0n) is 17.3. The molecule has 0 bridgehead atoms. The molecule has 0 saturated carbocycles. The number of amides is 1. The summed E-state index contributed by atoms with van der Waals surface area (Å²) in [5.41, 5.74) is 2.95. The van der Waals surface area contributed by atoms with Crippen LogP contribution >= 0.6 is 46.1 Å². The smallest absolute Gasteiger partial charge is 0.355 e. The number of halogens is 3. The first kappa shape index (κ1) is 24.0. The van der Waals surface area contributed by atoms with Crippen LogP contribution in [0.2, 0.25) is 15.1 Å². The third-order valence-corrected chi connectivity index (χ3v) is 6.92. The standard InChI is InChI=1S/C24H15Cl3N2O4S/c25-17-8-4-9-18(22(17)27)32-13-20(30)29-28-12-14-5-3-6-15(11-14)33-24(31)23-21(26)16-7-1-2-10-19(16)34-23/h1-12H,13H2,(H,29,30)/b28-12+. The average Bonchev–Trinajstić information content (AvgIpc) is 3.17. The molecule has 172 valence electrons. The summed E-state index contributed by atoms with van der Waals surface area (Å²) in [5, 5.41) is 5.62. The average molecular weight is 534 g/mol. The van der Waals surface area contributed by atoms with E-state index in [0.29, 0.717) is 32.0 Å². The van der Waals surface area contributed by atoms with Crippen molar-refractivity contribution in [2.24, 2.45) is 5.10 Å². The maximum Gasteiger partial charge on any atom is 0.355 e. The van der Waals surface area contributed by atoms with Gasteiger partial charge in [-0.1, -0.05) is 71.2 Å². The minimum absolute atomic E-state index is 0.226. The summed E-state index contributed by atoms with van der Waals surface area (Å²) in [7, 11) is 0. The van der Waals surface area contributed by atoms with Gasteiger partial charge in [0.25, 0.3) is 5.91 Å². The quantitative estimate of drug-likeness (QED) is 0.125. The number of hydrogen-bond donors (Lipinski definition) is 1. The van der Waals surface area contributed by atoms with Crippen LogP contribution < -0.4 is 14.9 Å². The molecule has 0 aliphatic rings. The largest absolute Gasteiger partial charge is 0.482 e. The van der Waals surface area contributed by atoms with E-state index in [0.717, 1.165) is 10.1 Å². The highest BCUT2D eigenvalue weighted by atomic mass is 35.5. The molecule has 0 unspecified atom stereocenters. The van der Waals surface area contributed by atoms with E-state index < -0.39 is 11.9 Å². The van der Waals surface area contributed by atoms with Crippen molar-refractivity contribution in [2.45, 2.75) is 0 Å². The second-order valence-corrected chi connectivity index (χ2v) is 9.05. The molecule has 0 atom stereocenters. The molecular weight excluding hydrogens is 519 g/mol. The predicted molar refractivity (Wildman–Crippen MR) is 136 cm³/mol. The molecule has 1 aromatic heterocycles. The topological polar surface area (TPSA) is 77.0 Å². The Bertz CT molecular complexity index is 1400. The van der Waals surface area contributed by atoms with Crippen molar-refractivity contribution in [3.63, 3.8) is 0 Å². The molecule has 1 heterocycles. The number of ether oxygens (including phenoxy) is 2. The van der Waals surface area contributed by atoms with Gasteiger partial charge in [0, 0.05) is 10.1 Å². The van der Waals surface area contributed by atoms with Crippen LogP contribution in [0, 0.1) is 0 Å².